The first kappa shape index (κ1) is 29.6. The maximum absolute atomic E-state index is 13.5. The molecule has 1 N–H and O–H groups in total. The van der Waals surface area contributed by atoms with Gasteiger partial charge in [0.25, 0.3) is 0 Å². The summed E-state index contributed by atoms with van der Waals surface area (Å²) >= 11 is 0. The molecule has 0 aliphatic carbocycles. The van der Waals surface area contributed by atoms with Crippen molar-refractivity contribution in [3.8, 4) is 17.2 Å². The third kappa shape index (κ3) is 8.11. The summed E-state index contributed by atoms with van der Waals surface area (Å²) in [5.41, 5.74) is 2.14. The molecule has 2 heterocycles. The molecule has 0 saturated carbocycles. The number of rotatable bonds is 11. The van der Waals surface area contributed by atoms with Gasteiger partial charge in [-0.15, -0.1) is 0 Å². The largest absolute Gasteiger partial charge is 0.493 e. The summed E-state index contributed by atoms with van der Waals surface area (Å²) in [5, 5.41) is 3.31. The van der Waals surface area contributed by atoms with Gasteiger partial charge in [0.05, 0.1) is 26.2 Å². The van der Waals surface area contributed by atoms with Gasteiger partial charge in [0.2, 0.25) is 11.8 Å². The van der Waals surface area contributed by atoms with Crippen LogP contribution in [-0.4, -0.2) is 74.2 Å². The second-order valence-electron chi connectivity index (χ2n) is 11.0. The lowest BCUT2D eigenvalue weighted by Crippen LogP contribution is -2.46. The highest BCUT2D eigenvalue weighted by Gasteiger charge is 2.27. The predicted molar refractivity (Wildman–Crippen MR) is 162 cm³/mol. The Morgan fingerprint density at radius 3 is 2.36 bits per heavy atom. The molecular weight excluding hydrogens is 530 g/mol. The van der Waals surface area contributed by atoms with Crippen molar-refractivity contribution in [3.05, 3.63) is 90.0 Å². The fourth-order valence-electron chi connectivity index (χ4n) is 5.71. The highest BCUT2D eigenvalue weighted by atomic mass is 16.5. The Bertz CT molecular complexity index is 1300. The number of nitrogens with zero attached hydrogens (tertiary/aromatic N) is 2. The van der Waals surface area contributed by atoms with Crippen LogP contribution in [0.3, 0.4) is 0 Å². The zero-order valence-corrected chi connectivity index (χ0v) is 24.4. The summed E-state index contributed by atoms with van der Waals surface area (Å²) in [5.74, 6) is 1.92. The monoisotopic (exact) mass is 571 g/mol. The van der Waals surface area contributed by atoms with Crippen LogP contribution < -0.4 is 14.8 Å². The lowest BCUT2D eigenvalue weighted by atomic mass is 9.92. The van der Waals surface area contributed by atoms with Gasteiger partial charge >= 0.3 is 0 Å². The van der Waals surface area contributed by atoms with E-state index in [2.05, 4.69) is 22.3 Å². The SMILES string of the molecule is COc1ccccc1Oc1cccc(CN2CCC(NC(=O)C(CCC(=O)N3CCOCC3)c3ccccc3)CC2)c1. The number of amides is 2. The highest BCUT2D eigenvalue weighted by molar-refractivity contribution is 5.85. The first-order chi connectivity index (χ1) is 20.6. The number of ether oxygens (including phenoxy) is 3. The number of carbonyl (C=O) groups is 2. The number of morpholine rings is 1. The molecule has 5 rings (SSSR count). The second-order valence-corrected chi connectivity index (χ2v) is 11.0. The van der Waals surface area contributed by atoms with Crippen LogP contribution in [0.2, 0.25) is 0 Å². The van der Waals surface area contributed by atoms with Gasteiger partial charge in [0.15, 0.2) is 11.5 Å². The van der Waals surface area contributed by atoms with Crippen molar-refractivity contribution in [1.82, 2.24) is 15.1 Å². The molecule has 222 valence electrons. The van der Waals surface area contributed by atoms with Gasteiger partial charge in [-0.2, -0.15) is 0 Å². The van der Waals surface area contributed by atoms with Crippen molar-refractivity contribution in [2.75, 3.05) is 46.5 Å². The van der Waals surface area contributed by atoms with E-state index in [-0.39, 0.29) is 23.8 Å². The van der Waals surface area contributed by atoms with Crippen molar-refractivity contribution < 1.29 is 23.8 Å². The fraction of sp³-hybridized carbons (Fsp3) is 0.412. The van der Waals surface area contributed by atoms with Crippen LogP contribution in [0.4, 0.5) is 0 Å². The molecule has 42 heavy (non-hydrogen) atoms. The third-order valence-corrected chi connectivity index (χ3v) is 8.06. The number of piperidine rings is 1. The van der Waals surface area contributed by atoms with Gasteiger partial charge in [0, 0.05) is 45.2 Å². The Balaban J connectivity index is 1.12. The number of carbonyl (C=O) groups excluding carboxylic acids is 2. The average Bonchev–Trinajstić information content (AvgIpc) is 3.03. The summed E-state index contributed by atoms with van der Waals surface area (Å²) < 4.78 is 16.9. The van der Waals surface area contributed by atoms with E-state index in [1.165, 1.54) is 5.56 Å². The summed E-state index contributed by atoms with van der Waals surface area (Å²) in [6.45, 7) is 5.02. The molecule has 1 atom stereocenters. The molecule has 8 heteroatoms. The Labute approximate surface area is 248 Å². The van der Waals surface area contributed by atoms with E-state index < -0.39 is 0 Å². The quantitative estimate of drug-likeness (QED) is 0.349. The second kappa shape index (κ2) is 14.8. The molecule has 3 aromatic rings. The molecule has 8 nitrogen and oxygen atoms in total. The molecule has 2 amide bonds. The van der Waals surface area contributed by atoms with Crippen molar-refractivity contribution in [3.63, 3.8) is 0 Å². The molecule has 0 aromatic heterocycles. The molecule has 2 aliphatic rings. The molecule has 3 aromatic carbocycles. The molecule has 1 unspecified atom stereocenters. The first-order valence-corrected chi connectivity index (χ1v) is 14.9. The van der Waals surface area contributed by atoms with E-state index in [4.69, 9.17) is 14.2 Å². The number of hydrogen-bond donors (Lipinski definition) is 1. The minimum absolute atomic E-state index is 0.00983. The van der Waals surface area contributed by atoms with E-state index in [0.717, 1.165) is 43.8 Å². The Kier molecular flexibility index (Phi) is 10.5. The third-order valence-electron chi connectivity index (χ3n) is 8.06. The van der Waals surface area contributed by atoms with E-state index >= 15 is 0 Å². The van der Waals surface area contributed by atoms with Gasteiger partial charge in [-0.3, -0.25) is 14.5 Å². The number of methoxy groups -OCH3 is 1. The number of likely N-dealkylation sites (tertiary alicyclic amines) is 1. The van der Waals surface area contributed by atoms with Crippen LogP contribution in [0.5, 0.6) is 17.2 Å². The molecule has 0 bridgehead atoms. The predicted octanol–water partition coefficient (Wildman–Crippen LogP) is 4.99. The lowest BCUT2D eigenvalue weighted by Gasteiger charge is -2.33. The van der Waals surface area contributed by atoms with Crippen molar-refractivity contribution in [2.45, 2.75) is 44.2 Å². The normalized spacial score (nSPS) is 16.9. The van der Waals surface area contributed by atoms with Crippen LogP contribution in [0.1, 0.15) is 42.7 Å². The smallest absolute Gasteiger partial charge is 0.227 e. The van der Waals surface area contributed by atoms with E-state index in [1.54, 1.807) is 7.11 Å². The maximum atomic E-state index is 13.5. The Morgan fingerprint density at radius 1 is 0.905 bits per heavy atom. The lowest BCUT2D eigenvalue weighted by molar-refractivity contribution is -0.135. The number of benzene rings is 3. The Hall–Kier alpha value is -3.88. The minimum atomic E-state index is -0.347. The molecule has 0 radical (unpaired) electrons. The maximum Gasteiger partial charge on any atom is 0.227 e. The molecule has 2 saturated heterocycles. The topological polar surface area (TPSA) is 80.3 Å². The van der Waals surface area contributed by atoms with E-state index in [1.807, 2.05) is 71.6 Å². The number of hydrogen-bond acceptors (Lipinski definition) is 6. The first-order valence-electron chi connectivity index (χ1n) is 14.9. The van der Waals surface area contributed by atoms with E-state index in [0.29, 0.717) is 50.6 Å². The van der Waals surface area contributed by atoms with Gasteiger partial charge in [-0.1, -0.05) is 54.6 Å². The molecule has 2 fully saturated rings. The van der Waals surface area contributed by atoms with Crippen LogP contribution >= 0.6 is 0 Å². The molecule has 2 aliphatic heterocycles. The van der Waals surface area contributed by atoms with Crippen molar-refractivity contribution in [2.24, 2.45) is 0 Å². The van der Waals surface area contributed by atoms with Gasteiger partial charge in [-0.25, -0.2) is 0 Å². The van der Waals surface area contributed by atoms with Gasteiger partial charge < -0.3 is 24.4 Å². The van der Waals surface area contributed by atoms with Crippen molar-refractivity contribution >= 4 is 11.8 Å². The van der Waals surface area contributed by atoms with Crippen LogP contribution in [-0.2, 0) is 20.9 Å². The minimum Gasteiger partial charge on any atom is -0.493 e. The van der Waals surface area contributed by atoms with Crippen LogP contribution in [0.15, 0.2) is 78.9 Å². The average molecular weight is 572 g/mol. The van der Waals surface area contributed by atoms with Gasteiger partial charge in [-0.05, 0) is 54.7 Å². The fourth-order valence-corrected chi connectivity index (χ4v) is 5.71. The highest BCUT2D eigenvalue weighted by Crippen LogP contribution is 2.31. The standard InChI is InChI=1S/C34H41N3O5/c1-40-31-12-5-6-13-32(31)42-29-11-7-8-26(24-29)25-36-18-16-28(17-19-36)35-34(39)30(27-9-3-2-4-10-27)14-15-33(38)37-20-22-41-23-21-37/h2-13,24,28,30H,14-23,25H2,1H3,(H,35,39). The molecular formula is C34H41N3O5. The summed E-state index contributed by atoms with van der Waals surface area (Å²) in [7, 11) is 1.64. The van der Waals surface area contributed by atoms with Crippen LogP contribution in [0.25, 0.3) is 0 Å². The number of para-hydroxylation sites is 2. The summed E-state index contributed by atoms with van der Waals surface area (Å²) in [4.78, 5) is 30.6. The van der Waals surface area contributed by atoms with Gasteiger partial charge in [0.1, 0.15) is 5.75 Å². The zero-order valence-electron chi connectivity index (χ0n) is 24.4. The Morgan fingerprint density at radius 2 is 1.62 bits per heavy atom. The summed E-state index contributed by atoms with van der Waals surface area (Å²) in [6, 6.07) is 25.7. The summed E-state index contributed by atoms with van der Waals surface area (Å²) in [6.07, 6.45) is 2.62. The number of nitrogens with one attached hydrogen (secondary N) is 1. The van der Waals surface area contributed by atoms with Crippen molar-refractivity contribution in [1.29, 1.82) is 0 Å². The molecule has 0 spiro atoms. The zero-order chi connectivity index (χ0) is 29.1. The van der Waals surface area contributed by atoms with Crippen LogP contribution in [0, 0.1) is 0 Å². The van der Waals surface area contributed by atoms with E-state index in [9.17, 15) is 9.59 Å².